The van der Waals surface area contributed by atoms with Gasteiger partial charge in [-0.1, -0.05) is 36.4 Å². The van der Waals surface area contributed by atoms with Crippen LogP contribution in [0.2, 0.25) is 0 Å². The number of nitrogens with zero attached hydrogens (tertiary/aromatic N) is 3. The SMILES string of the molecule is CN1CC(=O)N(c2ccccc2)C[C@]12CCN(S(=O)(=O)c1ccccc1)C2. The first-order valence-electron chi connectivity index (χ1n) is 9.04. The minimum atomic E-state index is -3.53. The number of likely N-dealkylation sites (N-methyl/N-ethyl adjacent to an activating group) is 1. The molecule has 1 atom stereocenters. The second-order valence-corrected chi connectivity index (χ2v) is 9.24. The van der Waals surface area contributed by atoms with Gasteiger partial charge in [0.15, 0.2) is 0 Å². The molecular weight excluding hydrogens is 362 g/mol. The van der Waals surface area contributed by atoms with Gasteiger partial charge in [-0.05, 0) is 37.7 Å². The van der Waals surface area contributed by atoms with Crippen LogP contribution in [0.3, 0.4) is 0 Å². The largest absolute Gasteiger partial charge is 0.309 e. The molecule has 2 aliphatic rings. The van der Waals surface area contributed by atoms with Gasteiger partial charge in [-0.2, -0.15) is 4.31 Å². The van der Waals surface area contributed by atoms with Crippen LogP contribution in [-0.2, 0) is 14.8 Å². The molecule has 0 bridgehead atoms. The molecule has 7 heteroatoms. The molecule has 4 rings (SSSR count). The second-order valence-electron chi connectivity index (χ2n) is 7.30. The molecule has 2 heterocycles. The number of piperazine rings is 1. The van der Waals surface area contributed by atoms with E-state index in [9.17, 15) is 13.2 Å². The number of hydrogen-bond acceptors (Lipinski definition) is 4. The Morgan fingerprint density at radius 3 is 2.22 bits per heavy atom. The minimum absolute atomic E-state index is 0.0405. The van der Waals surface area contributed by atoms with Crippen LogP contribution in [0.5, 0.6) is 0 Å². The number of benzene rings is 2. The van der Waals surface area contributed by atoms with E-state index < -0.39 is 10.0 Å². The Hall–Kier alpha value is -2.22. The van der Waals surface area contributed by atoms with Gasteiger partial charge < -0.3 is 4.90 Å². The van der Waals surface area contributed by atoms with Crippen molar-refractivity contribution in [1.29, 1.82) is 0 Å². The lowest BCUT2D eigenvalue weighted by Gasteiger charge is -2.46. The molecule has 142 valence electrons. The van der Waals surface area contributed by atoms with Crippen LogP contribution in [0.4, 0.5) is 5.69 Å². The Morgan fingerprint density at radius 2 is 1.56 bits per heavy atom. The lowest BCUT2D eigenvalue weighted by molar-refractivity contribution is -0.123. The minimum Gasteiger partial charge on any atom is -0.309 e. The molecule has 1 spiro atoms. The number of carbonyl (C=O) groups excluding carboxylic acids is 1. The first-order valence-corrected chi connectivity index (χ1v) is 10.5. The summed E-state index contributed by atoms with van der Waals surface area (Å²) in [7, 11) is -1.61. The van der Waals surface area contributed by atoms with Crippen molar-refractivity contribution in [2.45, 2.75) is 16.9 Å². The first kappa shape index (κ1) is 18.2. The van der Waals surface area contributed by atoms with Crippen molar-refractivity contribution in [2.24, 2.45) is 0 Å². The number of hydrogen-bond donors (Lipinski definition) is 0. The second kappa shape index (κ2) is 6.74. The maximum absolute atomic E-state index is 13.0. The molecule has 27 heavy (non-hydrogen) atoms. The summed E-state index contributed by atoms with van der Waals surface area (Å²) in [5, 5.41) is 0. The predicted molar refractivity (Wildman–Crippen MR) is 104 cm³/mol. The van der Waals surface area contributed by atoms with Crippen LogP contribution < -0.4 is 4.90 Å². The highest BCUT2D eigenvalue weighted by molar-refractivity contribution is 7.89. The van der Waals surface area contributed by atoms with Gasteiger partial charge in [0.1, 0.15) is 0 Å². The van der Waals surface area contributed by atoms with Gasteiger partial charge >= 0.3 is 0 Å². The fourth-order valence-corrected chi connectivity index (χ4v) is 5.55. The Morgan fingerprint density at radius 1 is 0.926 bits per heavy atom. The Bertz CT molecular complexity index is 933. The highest BCUT2D eigenvalue weighted by atomic mass is 32.2. The van der Waals surface area contributed by atoms with Crippen molar-refractivity contribution in [2.75, 3.05) is 38.1 Å². The maximum Gasteiger partial charge on any atom is 0.243 e. The van der Waals surface area contributed by atoms with Crippen LogP contribution in [0.15, 0.2) is 65.6 Å². The lowest BCUT2D eigenvalue weighted by Crippen LogP contribution is -2.64. The third-order valence-corrected chi connectivity index (χ3v) is 7.54. The molecule has 2 aromatic rings. The van der Waals surface area contributed by atoms with E-state index in [1.165, 1.54) is 0 Å². The Labute approximate surface area is 160 Å². The quantitative estimate of drug-likeness (QED) is 0.808. The number of anilines is 1. The molecule has 6 nitrogen and oxygen atoms in total. The predicted octanol–water partition coefficient (Wildman–Crippen LogP) is 1.80. The van der Waals surface area contributed by atoms with Gasteiger partial charge in [0.25, 0.3) is 0 Å². The molecule has 0 aliphatic carbocycles. The molecular formula is C20H23N3O3S. The molecule has 0 radical (unpaired) electrons. The van der Waals surface area contributed by atoms with Gasteiger partial charge in [-0.25, -0.2) is 8.42 Å². The average molecular weight is 385 g/mol. The fourth-order valence-electron chi connectivity index (χ4n) is 4.01. The monoisotopic (exact) mass is 385 g/mol. The van der Waals surface area contributed by atoms with Crippen LogP contribution in [0.25, 0.3) is 0 Å². The van der Waals surface area contributed by atoms with Crippen molar-refractivity contribution >= 4 is 21.6 Å². The van der Waals surface area contributed by atoms with E-state index in [1.807, 2.05) is 48.3 Å². The molecule has 0 unspecified atom stereocenters. The van der Waals surface area contributed by atoms with E-state index in [2.05, 4.69) is 0 Å². The van der Waals surface area contributed by atoms with Crippen molar-refractivity contribution in [3.8, 4) is 0 Å². The third-order valence-electron chi connectivity index (χ3n) is 5.68. The zero-order valence-electron chi connectivity index (χ0n) is 15.3. The van der Waals surface area contributed by atoms with Crippen molar-refractivity contribution in [3.63, 3.8) is 0 Å². The zero-order valence-corrected chi connectivity index (χ0v) is 16.1. The molecule has 2 aromatic carbocycles. The molecule has 0 saturated carbocycles. The first-order chi connectivity index (χ1) is 12.9. The van der Waals surface area contributed by atoms with Crippen LogP contribution in [-0.4, -0.2) is 62.3 Å². The summed E-state index contributed by atoms with van der Waals surface area (Å²) in [5.74, 6) is 0.0405. The summed E-state index contributed by atoms with van der Waals surface area (Å²) in [6.07, 6.45) is 0.701. The summed E-state index contributed by atoms with van der Waals surface area (Å²) in [6.45, 7) is 1.62. The zero-order chi connectivity index (χ0) is 19.1. The Balaban J connectivity index is 1.61. The van der Waals surface area contributed by atoms with Crippen molar-refractivity contribution in [3.05, 3.63) is 60.7 Å². The number of para-hydroxylation sites is 1. The fraction of sp³-hybridized carbons (Fsp3) is 0.350. The summed E-state index contributed by atoms with van der Waals surface area (Å²) in [4.78, 5) is 16.7. The number of rotatable bonds is 3. The summed E-state index contributed by atoms with van der Waals surface area (Å²) >= 11 is 0. The van der Waals surface area contributed by atoms with Gasteiger partial charge in [0.2, 0.25) is 15.9 Å². The summed E-state index contributed by atoms with van der Waals surface area (Å²) in [6, 6.07) is 18.1. The average Bonchev–Trinajstić information content (AvgIpc) is 3.12. The van der Waals surface area contributed by atoms with E-state index >= 15 is 0 Å². The van der Waals surface area contributed by atoms with Gasteiger partial charge in [-0.3, -0.25) is 9.69 Å². The van der Waals surface area contributed by atoms with E-state index in [4.69, 9.17) is 0 Å². The Kier molecular flexibility index (Phi) is 4.53. The smallest absolute Gasteiger partial charge is 0.243 e. The van der Waals surface area contributed by atoms with Gasteiger partial charge in [-0.15, -0.1) is 0 Å². The van der Waals surface area contributed by atoms with E-state index in [-0.39, 0.29) is 18.0 Å². The standard InChI is InChI=1S/C20H23N3O3S/c1-21-14-19(24)23(17-8-4-2-5-9-17)16-20(21)12-13-22(15-20)27(25,26)18-10-6-3-7-11-18/h2-11H,12-16H2,1H3/t20-/m1/s1. The lowest BCUT2D eigenvalue weighted by atomic mass is 9.92. The van der Waals surface area contributed by atoms with E-state index in [0.29, 0.717) is 31.0 Å². The van der Waals surface area contributed by atoms with E-state index in [0.717, 1.165) is 5.69 Å². The van der Waals surface area contributed by atoms with Gasteiger partial charge in [0, 0.05) is 25.3 Å². The molecule has 2 aliphatic heterocycles. The third kappa shape index (κ3) is 3.16. The number of sulfonamides is 1. The maximum atomic E-state index is 13.0. The molecule has 0 aromatic heterocycles. The number of carbonyl (C=O) groups is 1. The van der Waals surface area contributed by atoms with Gasteiger partial charge in [0.05, 0.1) is 17.0 Å². The normalized spacial score (nSPS) is 24.6. The van der Waals surface area contributed by atoms with E-state index in [1.54, 1.807) is 33.5 Å². The van der Waals surface area contributed by atoms with Crippen LogP contribution in [0.1, 0.15) is 6.42 Å². The van der Waals surface area contributed by atoms with Crippen LogP contribution >= 0.6 is 0 Å². The highest BCUT2D eigenvalue weighted by Gasteiger charge is 2.50. The molecule has 1 amide bonds. The summed E-state index contributed by atoms with van der Waals surface area (Å²) < 4.78 is 27.6. The van der Waals surface area contributed by atoms with Crippen molar-refractivity contribution < 1.29 is 13.2 Å². The molecule has 0 N–H and O–H groups in total. The topological polar surface area (TPSA) is 60.9 Å². The molecule has 2 saturated heterocycles. The summed E-state index contributed by atoms with van der Waals surface area (Å²) in [5.41, 5.74) is 0.491. The van der Waals surface area contributed by atoms with Crippen molar-refractivity contribution in [1.82, 2.24) is 9.21 Å². The highest BCUT2D eigenvalue weighted by Crippen LogP contribution is 2.35. The molecule has 2 fully saturated rings. The van der Waals surface area contributed by atoms with Crippen LogP contribution in [0, 0.1) is 0 Å². The number of amides is 1.